The normalized spacial score (nSPS) is 11.4. The average molecular weight is 381 g/mol. The molecular formula is C10H8Br2FN3O2. The highest BCUT2D eigenvalue weighted by molar-refractivity contribution is 9.10. The summed E-state index contributed by atoms with van der Waals surface area (Å²) < 4.78 is 15.7. The fourth-order valence-corrected chi connectivity index (χ4v) is 3.01. The van der Waals surface area contributed by atoms with Crippen molar-refractivity contribution in [3.63, 3.8) is 0 Å². The average Bonchev–Trinajstić information content (AvgIpc) is 2.54. The molecule has 0 spiro atoms. The molecule has 1 aromatic heterocycles. The lowest BCUT2D eigenvalue weighted by molar-refractivity contribution is -0.384. The number of nitro groups is 1. The largest absolute Gasteiger partial charge is 0.316 e. The van der Waals surface area contributed by atoms with Gasteiger partial charge in [-0.2, -0.15) is 0 Å². The second kappa shape index (κ2) is 4.58. The second-order valence-electron chi connectivity index (χ2n) is 3.99. The maximum Gasteiger partial charge on any atom is 0.314 e. The Morgan fingerprint density at radius 1 is 1.50 bits per heavy atom. The van der Waals surface area contributed by atoms with Crippen molar-refractivity contribution < 1.29 is 9.31 Å². The molecule has 0 atom stereocenters. The summed E-state index contributed by atoms with van der Waals surface area (Å²) in [5.74, 6) is -0.677. The van der Waals surface area contributed by atoms with Crippen LogP contribution in [0.25, 0.3) is 11.0 Å². The number of nitrogens with zero attached hydrogens (tertiary/aromatic N) is 3. The van der Waals surface area contributed by atoms with Gasteiger partial charge in [0.1, 0.15) is 10.3 Å². The van der Waals surface area contributed by atoms with Crippen LogP contribution in [0.3, 0.4) is 0 Å². The molecule has 0 saturated heterocycles. The van der Waals surface area contributed by atoms with E-state index in [1.807, 2.05) is 13.8 Å². The molecule has 0 bridgehead atoms. The van der Waals surface area contributed by atoms with Gasteiger partial charge in [-0.05, 0) is 45.7 Å². The van der Waals surface area contributed by atoms with Crippen LogP contribution in [-0.4, -0.2) is 14.5 Å². The van der Waals surface area contributed by atoms with Gasteiger partial charge in [-0.3, -0.25) is 10.1 Å². The van der Waals surface area contributed by atoms with Gasteiger partial charge in [-0.25, -0.2) is 9.37 Å². The monoisotopic (exact) mass is 379 g/mol. The van der Waals surface area contributed by atoms with Crippen molar-refractivity contribution in [1.82, 2.24) is 9.55 Å². The van der Waals surface area contributed by atoms with Gasteiger partial charge in [0, 0.05) is 12.1 Å². The Kier molecular flexibility index (Phi) is 3.41. The van der Waals surface area contributed by atoms with Gasteiger partial charge in [0.25, 0.3) is 0 Å². The number of hydrogen-bond acceptors (Lipinski definition) is 3. The SMILES string of the molecule is CC(C)n1c(Br)nc2c([N+](=O)[O-])c(Br)c(F)cc21. The summed E-state index contributed by atoms with van der Waals surface area (Å²) in [6, 6.07) is 1.24. The first-order valence-electron chi connectivity index (χ1n) is 5.04. The van der Waals surface area contributed by atoms with Crippen molar-refractivity contribution in [2.45, 2.75) is 19.9 Å². The molecule has 2 rings (SSSR count). The fraction of sp³-hybridized carbons (Fsp3) is 0.300. The number of benzene rings is 1. The molecule has 0 aliphatic heterocycles. The van der Waals surface area contributed by atoms with Gasteiger partial charge in [0.05, 0.1) is 10.4 Å². The number of fused-ring (bicyclic) bond motifs is 1. The number of rotatable bonds is 2. The van der Waals surface area contributed by atoms with Crippen molar-refractivity contribution in [3.05, 3.63) is 31.2 Å². The molecule has 0 saturated carbocycles. The molecule has 0 radical (unpaired) electrons. The van der Waals surface area contributed by atoms with E-state index in [-0.39, 0.29) is 21.7 Å². The van der Waals surface area contributed by atoms with E-state index in [2.05, 4.69) is 36.8 Å². The smallest absolute Gasteiger partial charge is 0.314 e. The second-order valence-corrected chi connectivity index (χ2v) is 5.49. The van der Waals surface area contributed by atoms with Gasteiger partial charge in [0.15, 0.2) is 10.3 Å². The maximum atomic E-state index is 13.7. The molecule has 96 valence electrons. The van der Waals surface area contributed by atoms with Crippen LogP contribution in [-0.2, 0) is 0 Å². The third-order valence-electron chi connectivity index (χ3n) is 2.51. The third-order valence-corrected chi connectivity index (χ3v) is 3.82. The molecular weight excluding hydrogens is 373 g/mol. The van der Waals surface area contributed by atoms with E-state index < -0.39 is 10.7 Å². The predicted octanol–water partition coefficient (Wildman–Crippen LogP) is 4.19. The molecule has 1 heterocycles. The lowest BCUT2D eigenvalue weighted by Gasteiger charge is -2.09. The molecule has 0 unspecified atom stereocenters. The lowest BCUT2D eigenvalue weighted by Crippen LogP contribution is -2.01. The van der Waals surface area contributed by atoms with E-state index in [0.717, 1.165) is 0 Å². The number of imidazole rings is 1. The minimum atomic E-state index is -0.677. The Hall–Kier alpha value is -1.02. The molecule has 0 aliphatic rings. The molecule has 0 fully saturated rings. The Bertz CT molecular complexity index is 654. The van der Waals surface area contributed by atoms with Crippen LogP contribution in [0.1, 0.15) is 19.9 Å². The highest BCUT2D eigenvalue weighted by Crippen LogP contribution is 2.37. The Morgan fingerprint density at radius 2 is 2.11 bits per heavy atom. The topological polar surface area (TPSA) is 61.0 Å². The van der Waals surface area contributed by atoms with Crippen LogP contribution in [0.5, 0.6) is 0 Å². The summed E-state index contributed by atoms with van der Waals surface area (Å²) in [4.78, 5) is 14.5. The van der Waals surface area contributed by atoms with Crippen molar-refractivity contribution in [1.29, 1.82) is 0 Å². The summed E-state index contributed by atoms with van der Waals surface area (Å²) in [6.07, 6.45) is 0. The Balaban J connectivity index is 2.96. The number of hydrogen-bond donors (Lipinski definition) is 0. The fourth-order valence-electron chi connectivity index (χ4n) is 1.79. The van der Waals surface area contributed by atoms with Crippen LogP contribution < -0.4 is 0 Å². The molecule has 2 aromatic rings. The van der Waals surface area contributed by atoms with E-state index in [1.54, 1.807) is 4.57 Å². The summed E-state index contributed by atoms with van der Waals surface area (Å²) in [5, 5.41) is 11.0. The summed E-state index contributed by atoms with van der Waals surface area (Å²) >= 11 is 6.13. The predicted molar refractivity (Wildman–Crippen MR) is 72.1 cm³/mol. The van der Waals surface area contributed by atoms with E-state index in [9.17, 15) is 14.5 Å². The molecule has 5 nitrogen and oxygen atoms in total. The van der Waals surface area contributed by atoms with Gasteiger partial charge in [-0.1, -0.05) is 0 Å². The molecule has 0 aliphatic carbocycles. The van der Waals surface area contributed by atoms with E-state index in [1.165, 1.54) is 6.07 Å². The quantitative estimate of drug-likeness (QED) is 0.579. The Morgan fingerprint density at radius 3 is 2.61 bits per heavy atom. The first-order chi connectivity index (χ1) is 8.34. The first kappa shape index (κ1) is 13.4. The molecule has 0 N–H and O–H groups in total. The lowest BCUT2D eigenvalue weighted by atomic mass is 10.2. The van der Waals surface area contributed by atoms with E-state index in [4.69, 9.17) is 0 Å². The van der Waals surface area contributed by atoms with Gasteiger partial charge < -0.3 is 4.57 Å². The van der Waals surface area contributed by atoms with Crippen LogP contribution in [0.2, 0.25) is 0 Å². The van der Waals surface area contributed by atoms with Crippen molar-refractivity contribution >= 4 is 48.6 Å². The first-order valence-corrected chi connectivity index (χ1v) is 6.63. The summed E-state index contributed by atoms with van der Waals surface area (Å²) in [6.45, 7) is 3.77. The van der Waals surface area contributed by atoms with Crippen molar-refractivity contribution in [3.8, 4) is 0 Å². The van der Waals surface area contributed by atoms with Gasteiger partial charge >= 0.3 is 5.69 Å². The van der Waals surface area contributed by atoms with Crippen molar-refractivity contribution in [2.24, 2.45) is 0 Å². The summed E-state index contributed by atoms with van der Waals surface area (Å²) in [7, 11) is 0. The Labute approximate surface area is 118 Å². The zero-order chi connectivity index (χ0) is 13.6. The van der Waals surface area contributed by atoms with Crippen molar-refractivity contribution in [2.75, 3.05) is 0 Å². The molecule has 18 heavy (non-hydrogen) atoms. The standard InChI is InChI=1S/C10H8Br2FN3O2/c1-4(2)15-6-3-5(13)7(11)9(16(17)18)8(6)14-10(15)12/h3-4H,1-2H3. The molecule has 0 amide bonds. The highest BCUT2D eigenvalue weighted by atomic mass is 79.9. The van der Waals surface area contributed by atoms with Gasteiger partial charge in [0.2, 0.25) is 0 Å². The van der Waals surface area contributed by atoms with Crippen LogP contribution >= 0.6 is 31.9 Å². The van der Waals surface area contributed by atoms with E-state index >= 15 is 0 Å². The zero-order valence-corrected chi connectivity index (χ0v) is 12.6. The molecule has 1 aromatic carbocycles. The number of nitro benzene ring substituents is 1. The van der Waals surface area contributed by atoms with Gasteiger partial charge in [-0.15, -0.1) is 0 Å². The van der Waals surface area contributed by atoms with Crippen LogP contribution in [0.15, 0.2) is 15.3 Å². The number of aromatic nitrogens is 2. The minimum Gasteiger partial charge on any atom is -0.316 e. The van der Waals surface area contributed by atoms with Crippen LogP contribution in [0.4, 0.5) is 10.1 Å². The third kappa shape index (κ3) is 1.93. The van der Waals surface area contributed by atoms with Crippen LogP contribution in [0, 0.1) is 15.9 Å². The van der Waals surface area contributed by atoms with E-state index in [0.29, 0.717) is 10.3 Å². The zero-order valence-electron chi connectivity index (χ0n) is 9.45. The maximum absolute atomic E-state index is 13.7. The summed E-state index contributed by atoms with van der Waals surface area (Å²) in [5.41, 5.74) is 0.197. The highest BCUT2D eigenvalue weighted by Gasteiger charge is 2.26. The minimum absolute atomic E-state index is 0.00422. The molecule has 8 heteroatoms. The number of halogens is 3.